The number of alkyl carbamates (subject to hydrolysis) is 1. The van der Waals surface area contributed by atoms with Gasteiger partial charge in [-0.25, -0.2) is 4.79 Å². The predicted molar refractivity (Wildman–Crippen MR) is 64.4 cm³/mol. The number of ether oxygens (including phenoxy) is 1. The summed E-state index contributed by atoms with van der Waals surface area (Å²) in [5.74, 6) is 0. The van der Waals surface area contributed by atoms with Crippen molar-refractivity contribution in [2.24, 2.45) is 5.41 Å². The molecule has 0 aliphatic carbocycles. The van der Waals surface area contributed by atoms with E-state index < -0.39 is 5.60 Å². The molecule has 1 aliphatic rings. The summed E-state index contributed by atoms with van der Waals surface area (Å²) in [6.07, 6.45) is 2.00. The van der Waals surface area contributed by atoms with E-state index in [1.165, 1.54) is 6.42 Å². The molecule has 1 heterocycles. The van der Waals surface area contributed by atoms with Crippen LogP contribution in [0.15, 0.2) is 0 Å². The number of nitrogens with one attached hydrogen (secondary N) is 2. The molecule has 2 N–H and O–H groups in total. The number of carbonyl (C=O) groups excluding carboxylic acids is 1. The average molecular weight is 228 g/mol. The second-order valence-corrected chi connectivity index (χ2v) is 5.95. The second-order valence-electron chi connectivity index (χ2n) is 5.95. The number of hydrogen-bond acceptors (Lipinski definition) is 3. The van der Waals surface area contributed by atoms with Crippen LogP contribution in [0.2, 0.25) is 0 Å². The highest BCUT2D eigenvalue weighted by molar-refractivity contribution is 5.67. The van der Waals surface area contributed by atoms with E-state index in [9.17, 15) is 4.79 Å². The number of carbonyl (C=O) groups is 1. The molecule has 1 saturated heterocycles. The van der Waals surface area contributed by atoms with Crippen LogP contribution in [0.25, 0.3) is 0 Å². The summed E-state index contributed by atoms with van der Waals surface area (Å²) in [5.41, 5.74) is -0.259. The van der Waals surface area contributed by atoms with Gasteiger partial charge in [-0.2, -0.15) is 0 Å². The lowest BCUT2D eigenvalue weighted by atomic mass is 9.83. The van der Waals surface area contributed by atoms with E-state index >= 15 is 0 Å². The molecule has 1 fully saturated rings. The van der Waals surface area contributed by atoms with Crippen molar-refractivity contribution in [3.05, 3.63) is 0 Å². The van der Waals surface area contributed by atoms with Gasteiger partial charge in [0.25, 0.3) is 0 Å². The van der Waals surface area contributed by atoms with E-state index in [0.29, 0.717) is 6.54 Å². The van der Waals surface area contributed by atoms with E-state index in [-0.39, 0.29) is 11.5 Å². The maximum Gasteiger partial charge on any atom is 0.407 e. The lowest BCUT2D eigenvalue weighted by Gasteiger charge is -2.34. The summed E-state index contributed by atoms with van der Waals surface area (Å²) in [5, 5.41) is 6.20. The quantitative estimate of drug-likeness (QED) is 0.759. The molecule has 1 amide bonds. The van der Waals surface area contributed by atoms with Gasteiger partial charge in [-0.15, -0.1) is 0 Å². The third-order valence-electron chi connectivity index (χ3n) is 2.74. The zero-order valence-electron chi connectivity index (χ0n) is 10.9. The van der Waals surface area contributed by atoms with Crippen LogP contribution >= 0.6 is 0 Å². The fraction of sp³-hybridized carbons (Fsp3) is 0.917. The Kier molecular flexibility index (Phi) is 4.19. The third-order valence-corrected chi connectivity index (χ3v) is 2.74. The summed E-state index contributed by atoms with van der Waals surface area (Å²) >= 11 is 0. The first-order valence-corrected chi connectivity index (χ1v) is 5.98. The van der Waals surface area contributed by atoms with Gasteiger partial charge in [-0.05, 0) is 45.6 Å². The van der Waals surface area contributed by atoms with Gasteiger partial charge in [0.05, 0.1) is 0 Å². The van der Waals surface area contributed by atoms with E-state index in [4.69, 9.17) is 4.74 Å². The molecule has 0 bridgehead atoms. The summed E-state index contributed by atoms with van der Waals surface area (Å²) in [6.45, 7) is 10.5. The first-order chi connectivity index (χ1) is 7.31. The van der Waals surface area contributed by atoms with Crippen LogP contribution in [-0.2, 0) is 4.74 Å². The number of amides is 1. The first kappa shape index (κ1) is 13.3. The van der Waals surface area contributed by atoms with Gasteiger partial charge in [-0.1, -0.05) is 6.92 Å². The van der Waals surface area contributed by atoms with Crippen LogP contribution in [0.1, 0.15) is 40.5 Å². The fourth-order valence-corrected chi connectivity index (χ4v) is 1.87. The molecule has 0 spiro atoms. The van der Waals surface area contributed by atoms with Crippen molar-refractivity contribution in [3.8, 4) is 0 Å². The molecule has 0 saturated carbocycles. The van der Waals surface area contributed by atoms with Gasteiger partial charge in [0.15, 0.2) is 0 Å². The smallest absolute Gasteiger partial charge is 0.407 e. The standard InChI is InChI=1S/C12H24N2O2/c1-11(2,3)16-10(15)14-9-12(4)6-5-7-13-8-12/h13H,5-9H2,1-4H3,(H,14,15). The highest BCUT2D eigenvalue weighted by Crippen LogP contribution is 2.24. The molecule has 1 unspecified atom stereocenters. The van der Waals surface area contributed by atoms with E-state index in [1.807, 2.05) is 20.8 Å². The van der Waals surface area contributed by atoms with Crippen molar-refractivity contribution in [2.75, 3.05) is 19.6 Å². The van der Waals surface area contributed by atoms with Gasteiger partial charge in [0.2, 0.25) is 0 Å². The number of hydrogen-bond donors (Lipinski definition) is 2. The Morgan fingerprint density at radius 2 is 2.19 bits per heavy atom. The molecule has 0 aromatic rings. The van der Waals surface area contributed by atoms with Gasteiger partial charge in [0.1, 0.15) is 5.60 Å². The fourth-order valence-electron chi connectivity index (χ4n) is 1.87. The van der Waals surface area contributed by atoms with Gasteiger partial charge < -0.3 is 15.4 Å². The summed E-state index contributed by atoms with van der Waals surface area (Å²) in [4.78, 5) is 11.5. The summed E-state index contributed by atoms with van der Waals surface area (Å²) in [6, 6.07) is 0. The van der Waals surface area contributed by atoms with Gasteiger partial charge in [0, 0.05) is 13.1 Å². The lowest BCUT2D eigenvalue weighted by Crippen LogP contribution is -2.46. The highest BCUT2D eigenvalue weighted by atomic mass is 16.6. The van der Waals surface area contributed by atoms with Crippen LogP contribution in [-0.4, -0.2) is 31.3 Å². The van der Waals surface area contributed by atoms with Crippen molar-refractivity contribution < 1.29 is 9.53 Å². The summed E-state index contributed by atoms with van der Waals surface area (Å²) in [7, 11) is 0. The topological polar surface area (TPSA) is 50.4 Å². The largest absolute Gasteiger partial charge is 0.444 e. The van der Waals surface area contributed by atoms with Crippen LogP contribution < -0.4 is 10.6 Å². The highest BCUT2D eigenvalue weighted by Gasteiger charge is 2.27. The number of rotatable bonds is 2. The molecular weight excluding hydrogens is 204 g/mol. The molecule has 0 radical (unpaired) electrons. The van der Waals surface area contributed by atoms with Crippen LogP contribution in [0, 0.1) is 5.41 Å². The van der Waals surface area contributed by atoms with Crippen molar-refractivity contribution in [1.82, 2.24) is 10.6 Å². The molecule has 4 heteroatoms. The zero-order valence-corrected chi connectivity index (χ0v) is 10.9. The first-order valence-electron chi connectivity index (χ1n) is 5.98. The minimum Gasteiger partial charge on any atom is -0.444 e. The lowest BCUT2D eigenvalue weighted by molar-refractivity contribution is 0.0495. The molecule has 0 aromatic heterocycles. The van der Waals surface area contributed by atoms with Crippen molar-refractivity contribution in [1.29, 1.82) is 0 Å². The van der Waals surface area contributed by atoms with Crippen LogP contribution in [0.5, 0.6) is 0 Å². The molecule has 0 aromatic carbocycles. The molecule has 4 nitrogen and oxygen atoms in total. The minimum absolute atomic E-state index is 0.162. The molecule has 16 heavy (non-hydrogen) atoms. The normalized spacial score (nSPS) is 26.2. The Bertz CT molecular complexity index is 240. The Labute approximate surface area is 98.1 Å². The SMILES string of the molecule is CC1(CNC(=O)OC(C)(C)C)CCCNC1. The second kappa shape index (κ2) is 5.04. The monoisotopic (exact) mass is 228 g/mol. The zero-order chi connectivity index (χ0) is 12.2. The molecule has 1 rings (SSSR count). The van der Waals surface area contributed by atoms with Gasteiger partial charge >= 0.3 is 6.09 Å². The van der Waals surface area contributed by atoms with E-state index in [1.54, 1.807) is 0 Å². The van der Waals surface area contributed by atoms with Crippen molar-refractivity contribution >= 4 is 6.09 Å². The van der Waals surface area contributed by atoms with E-state index in [2.05, 4.69) is 17.6 Å². The minimum atomic E-state index is -0.421. The van der Waals surface area contributed by atoms with Gasteiger partial charge in [-0.3, -0.25) is 0 Å². The Hall–Kier alpha value is -0.770. The third kappa shape index (κ3) is 4.84. The molecule has 94 valence electrons. The maximum atomic E-state index is 11.5. The molecule has 1 atom stereocenters. The van der Waals surface area contributed by atoms with Crippen molar-refractivity contribution in [2.45, 2.75) is 46.1 Å². The van der Waals surface area contributed by atoms with Crippen LogP contribution in [0.4, 0.5) is 4.79 Å². The molecular formula is C12H24N2O2. The predicted octanol–water partition coefficient (Wildman–Crippen LogP) is 1.90. The van der Waals surface area contributed by atoms with Crippen molar-refractivity contribution in [3.63, 3.8) is 0 Å². The van der Waals surface area contributed by atoms with Crippen LogP contribution in [0.3, 0.4) is 0 Å². The molecule has 1 aliphatic heterocycles. The Morgan fingerprint density at radius 1 is 1.50 bits per heavy atom. The summed E-state index contributed by atoms with van der Waals surface area (Å²) < 4.78 is 5.20. The average Bonchev–Trinajstić information content (AvgIpc) is 2.14. The Morgan fingerprint density at radius 3 is 2.69 bits per heavy atom. The maximum absolute atomic E-state index is 11.5. The Balaban J connectivity index is 2.30. The number of piperidine rings is 1. The van der Waals surface area contributed by atoms with E-state index in [0.717, 1.165) is 19.5 Å².